The molecule has 0 unspecified atom stereocenters. The highest BCUT2D eigenvalue weighted by Gasteiger charge is 2.16. The summed E-state index contributed by atoms with van der Waals surface area (Å²) in [7, 11) is -3.49. The minimum atomic E-state index is -3.49. The molecule has 0 fully saturated rings. The van der Waals surface area contributed by atoms with Crippen molar-refractivity contribution in [3.63, 3.8) is 0 Å². The Balaban J connectivity index is 3.15. The Morgan fingerprint density at radius 3 is 2.43 bits per heavy atom. The van der Waals surface area contributed by atoms with E-state index in [1.54, 1.807) is 6.07 Å². The average molecular weight is 214 g/mol. The smallest absolute Gasteiger partial charge is 0.258 e. The Hall–Kier alpha value is -1.43. The highest BCUT2D eigenvalue weighted by Crippen LogP contribution is 2.19. The van der Waals surface area contributed by atoms with Crippen LogP contribution in [-0.2, 0) is 15.6 Å². The first kappa shape index (κ1) is 10.6. The third-order valence-corrected chi connectivity index (χ3v) is 2.31. The SMILES string of the molecule is [CH2]S(=O)(=O)Cc1ccccc1[N+](=O)[O-]. The summed E-state index contributed by atoms with van der Waals surface area (Å²) in [5.74, 6) is -0.413. The number of nitro benzene ring substituents is 1. The molecule has 14 heavy (non-hydrogen) atoms. The van der Waals surface area contributed by atoms with Crippen LogP contribution < -0.4 is 0 Å². The first-order chi connectivity index (χ1) is 6.40. The molecule has 0 aliphatic heterocycles. The van der Waals surface area contributed by atoms with Crippen molar-refractivity contribution in [2.45, 2.75) is 5.75 Å². The lowest BCUT2D eigenvalue weighted by molar-refractivity contribution is -0.385. The van der Waals surface area contributed by atoms with Crippen molar-refractivity contribution >= 4 is 15.5 Å². The fourth-order valence-corrected chi connectivity index (χ4v) is 1.77. The van der Waals surface area contributed by atoms with E-state index in [1.165, 1.54) is 18.2 Å². The maximum absolute atomic E-state index is 10.8. The Bertz CT molecular complexity index is 452. The molecule has 0 saturated heterocycles. The van der Waals surface area contributed by atoms with E-state index in [1.807, 2.05) is 0 Å². The zero-order valence-electron chi connectivity index (χ0n) is 7.21. The van der Waals surface area contributed by atoms with Crippen LogP contribution in [0.1, 0.15) is 5.56 Å². The summed E-state index contributed by atoms with van der Waals surface area (Å²) < 4.78 is 21.7. The van der Waals surface area contributed by atoms with Gasteiger partial charge in [-0.3, -0.25) is 10.1 Å². The van der Waals surface area contributed by atoms with E-state index in [-0.39, 0.29) is 11.3 Å². The van der Waals surface area contributed by atoms with Crippen molar-refractivity contribution in [2.75, 3.05) is 0 Å². The number of nitrogens with zero attached hydrogens (tertiary/aromatic N) is 1. The van der Waals surface area contributed by atoms with Gasteiger partial charge in [-0.25, -0.2) is 8.42 Å². The number of rotatable bonds is 3. The van der Waals surface area contributed by atoms with Gasteiger partial charge in [0.1, 0.15) is 0 Å². The van der Waals surface area contributed by atoms with Crippen LogP contribution in [0.3, 0.4) is 0 Å². The van der Waals surface area contributed by atoms with Crippen LogP contribution in [-0.4, -0.2) is 13.3 Å². The second kappa shape index (κ2) is 3.75. The Kier molecular flexibility index (Phi) is 2.85. The molecule has 75 valence electrons. The molecular weight excluding hydrogens is 206 g/mol. The summed E-state index contributed by atoms with van der Waals surface area (Å²) >= 11 is 0. The predicted molar refractivity (Wildman–Crippen MR) is 51.1 cm³/mol. The van der Waals surface area contributed by atoms with Crippen molar-refractivity contribution < 1.29 is 13.3 Å². The van der Waals surface area contributed by atoms with E-state index >= 15 is 0 Å². The molecule has 0 atom stereocenters. The highest BCUT2D eigenvalue weighted by atomic mass is 32.2. The maximum Gasteiger partial charge on any atom is 0.273 e. The van der Waals surface area contributed by atoms with E-state index in [0.29, 0.717) is 0 Å². The lowest BCUT2D eigenvalue weighted by atomic mass is 10.2. The summed E-state index contributed by atoms with van der Waals surface area (Å²) in [5, 5.41) is 10.5. The molecule has 0 aromatic heterocycles. The quantitative estimate of drug-likeness (QED) is 0.561. The number of para-hydroxylation sites is 1. The van der Waals surface area contributed by atoms with Gasteiger partial charge in [-0.15, -0.1) is 0 Å². The fourth-order valence-electron chi connectivity index (χ4n) is 1.05. The lowest BCUT2D eigenvalue weighted by Crippen LogP contribution is -2.01. The average Bonchev–Trinajstić information content (AvgIpc) is 2.01. The largest absolute Gasteiger partial charge is 0.273 e. The summed E-state index contributed by atoms with van der Waals surface area (Å²) in [5.41, 5.74) is -0.0350. The molecule has 5 nitrogen and oxygen atoms in total. The number of hydrogen-bond acceptors (Lipinski definition) is 4. The van der Waals surface area contributed by atoms with Crippen LogP contribution in [0, 0.1) is 16.4 Å². The highest BCUT2D eigenvalue weighted by molar-refractivity contribution is 7.91. The summed E-state index contributed by atoms with van der Waals surface area (Å²) in [6, 6.07) is 5.70. The van der Waals surface area contributed by atoms with Crippen molar-refractivity contribution in [1.82, 2.24) is 0 Å². The topological polar surface area (TPSA) is 77.3 Å². The van der Waals surface area contributed by atoms with Crippen LogP contribution in [0.25, 0.3) is 0 Å². The van der Waals surface area contributed by atoms with Gasteiger partial charge in [0, 0.05) is 11.6 Å². The van der Waals surface area contributed by atoms with Crippen LogP contribution in [0.5, 0.6) is 0 Å². The molecule has 1 aromatic rings. The van der Waals surface area contributed by atoms with Gasteiger partial charge in [-0.1, -0.05) is 18.2 Å². The molecule has 0 N–H and O–H groups in total. The summed E-state index contributed by atoms with van der Waals surface area (Å²) in [4.78, 5) is 9.89. The van der Waals surface area contributed by atoms with E-state index in [0.717, 1.165) is 0 Å². The van der Waals surface area contributed by atoms with Gasteiger partial charge >= 0.3 is 0 Å². The number of hydrogen-bond donors (Lipinski definition) is 0. The zero-order valence-corrected chi connectivity index (χ0v) is 8.03. The van der Waals surface area contributed by atoms with Gasteiger partial charge in [0.05, 0.1) is 16.9 Å². The third kappa shape index (κ3) is 2.81. The molecule has 0 aliphatic rings. The molecule has 0 spiro atoms. The van der Waals surface area contributed by atoms with Crippen LogP contribution in [0.2, 0.25) is 0 Å². The normalized spacial score (nSPS) is 11.2. The Morgan fingerprint density at radius 2 is 1.93 bits per heavy atom. The summed E-state index contributed by atoms with van der Waals surface area (Å²) in [6.45, 7) is 0. The van der Waals surface area contributed by atoms with Gasteiger partial charge in [-0.05, 0) is 0 Å². The Morgan fingerprint density at radius 1 is 1.36 bits per heavy atom. The number of benzene rings is 1. The van der Waals surface area contributed by atoms with Gasteiger partial charge in [0.25, 0.3) is 5.69 Å². The van der Waals surface area contributed by atoms with Crippen LogP contribution in [0.15, 0.2) is 24.3 Å². The molecular formula is C8H8NO4S. The minimum Gasteiger partial charge on any atom is -0.258 e. The number of nitro groups is 1. The van der Waals surface area contributed by atoms with Gasteiger partial charge in [0.15, 0.2) is 9.84 Å². The second-order valence-electron chi connectivity index (χ2n) is 2.77. The van der Waals surface area contributed by atoms with Crippen molar-refractivity contribution in [2.24, 2.45) is 0 Å². The zero-order chi connectivity index (χ0) is 10.8. The molecule has 0 saturated carbocycles. The van der Waals surface area contributed by atoms with Gasteiger partial charge < -0.3 is 0 Å². The molecule has 0 heterocycles. The molecule has 0 aliphatic carbocycles. The van der Waals surface area contributed by atoms with Crippen molar-refractivity contribution in [1.29, 1.82) is 0 Å². The van der Waals surface area contributed by atoms with Crippen LogP contribution in [0.4, 0.5) is 5.69 Å². The van der Waals surface area contributed by atoms with E-state index < -0.39 is 20.5 Å². The van der Waals surface area contributed by atoms with Gasteiger partial charge in [-0.2, -0.15) is 0 Å². The molecule has 1 aromatic carbocycles. The molecule has 1 rings (SSSR count). The Labute approximate surface area is 81.4 Å². The maximum atomic E-state index is 10.8. The molecule has 1 radical (unpaired) electrons. The predicted octanol–water partition coefficient (Wildman–Crippen LogP) is 1.30. The van der Waals surface area contributed by atoms with Gasteiger partial charge in [0.2, 0.25) is 0 Å². The van der Waals surface area contributed by atoms with Crippen molar-refractivity contribution in [3.05, 3.63) is 46.2 Å². The molecule has 0 bridgehead atoms. The van der Waals surface area contributed by atoms with Crippen molar-refractivity contribution in [3.8, 4) is 0 Å². The lowest BCUT2D eigenvalue weighted by Gasteiger charge is -1.99. The monoisotopic (exact) mass is 214 g/mol. The first-order valence-corrected chi connectivity index (χ1v) is 5.50. The van der Waals surface area contributed by atoms with Crippen LogP contribution >= 0.6 is 0 Å². The molecule has 6 heteroatoms. The van der Waals surface area contributed by atoms with E-state index in [2.05, 4.69) is 6.26 Å². The fraction of sp³-hybridized carbons (Fsp3) is 0.125. The number of sulfone groups is 1. The molecule has 0 amide bonds. The van der Waals surface area contributed by atoms with E-state index in [4.69, 9.17) is 0 Å². The standard InChI is InChI=1S/C8H8NO4S/c1-14(12,13)6-7-4-2-3-5-8(7)9(10)11/h2-5H,1,6H2. The minimum absolute atomic E-state index is 0.160. The van der Waals surface area contributed by atoms with E-state index in [9.17, 15) is 18.5 Å². The summed E-state index contributed by atoms with van der Waals surface area (Å²) in [6.07, 6.45) is 2.92. The first-order valence-electron chi connectivity index (χ1n) is 3.68. The third-order valence-electron chi connectivity index (χ3n) is 1.56. The second-order valence-corrected chi connectivity index (χ2v) is 4.55.